The monoisotopic (exact) mass is 474 g/mol. The number of hydrazone groups is 1. The second-order valence-electron chi connectivity index (χ2n) is 8.30. The van der Waals surface area contributed by atoms with Crippen molar-refractivity contribution in [2.75, 3.05) is 5.43 Å². The van der Waals surface area contributed by atoms with Gasteiger partial charge in [-0.1, -0.05) is 60.2 Å². The average molecular weight is 475 g/mol. The molecule has 0 atom stereocenters. The third kappa shape index (κ3) is 4.77. The van der Waals surface area contributed by atoms with Crippen LogP contribution in [0.2, 0.25) is 0 Å². The van der Waals surface area contributed by atoms with Crippen molar-refractivity contribution in [3.05, 3.63) is 92.1 Å². The van der Waals surface area contributed by atoms with Crippen LogP contribution >= 0.6 is 0 Å². The average Bonchev–Trinajstić information content (AvgIpc) is 3.21. The number of aromatic nitrogens is 4. The van der Waals surface area contributed by atoms with Crippen molar-refractivity contribution < 1.29 is 9.90 Å². The van der Waals surface area contributed by atoms with E-state index in [2.05, 4.69) is 15.5 Å². The van der Waals surface area contributed by atoms with Crippen LogP contribution in [-0.4, -0.2) is 35.5 Å². The van der Waals surface area contributed by atoms with Crippen LogP contribution in [0.5, 0.6) is 0 Å². The van der Waals surface area contributed by atoms with Gasteiger partial charge < -0.3 is 9.67 Å². The molecule has 2 heterocycles. The van der Waals surface area contributed by atoms with Crippen LogP contribution in [0.25, 0.3) is 11.2 Å². The Morgan fingerprint density at radius 1 is 1.03 bits per heavy atom. The van der Waals surface area contributed by atoms with E-state index in [-0.39, 0.29) is 22.8 Å². The molecule has 0 aliphatic carbocycles. The van der Waals surface area contributed by atoms with Gasteiger partial charge in [-0.2, -0.15) is 10.1 Å². The van der Waals surface area contributed by atoms with Crippen molar-refractivity contribution in [1.82, 2.24) is 18.7 Å². The summed E-state index contributed by atoms with van der Waals surface area (Å²) in [7, 11) is 2.95. The number of rotatable bonds is 8. The van der Waals surface area contributed by atoms with Crippen molar-refractivity contribution in [2.24, 2.45) is 19.2 Å². The Hall–Kier alpha value is -4.47. The second-order valence-corrected chi connectivity index (χ2v) is 8.30. The maximum Gasteiger partial charge on any atom is 0.356 e. The molecule has 4 aromatic rings. The summed E-state index contributed by atoms with van der Waals surface area (Å²) in [4.78, 5) is 41.8. The van der Waals surface area contributed by atoms with E-state index in [1.165, 1.54) is 18.7 Å². The lowest BCUT2D eigenvalue weighted by Crippen LogP contribution is -2.37. The Kier molecular flexibility index (Phi) is 6.63. The summed E-state index contributed by atoms with van der Waals surface area (Å²) in [6.45, 7) is 2.31. The van der Waals surface area contributed by atoms with Gasteiger partial charge in [0.25, 0.3) is 5.56 Å². The van der Waals surface area contributed by atoms with Crippen LogP contribution in [0, 0.1) is 6.92 Å². The van der Waals surface area contributed by atoms with Crippen LogP contribution in [0.3, 0.4) is 0 Å². The first-order valence-corrected chi connectivity index (χ1v) is 11.1. The standard InChI is InChI=1S/C25H26N6O4/c1-16-11-13-18(14-12-16)19(23(33)34)27-28-24-26-21-20(22(32)30(3)25(35)29(21)2)31(24)15-7-10-17-8-5-4-6-9-17/h4-6,8-9,11-14H,7,10,15H2,1-3H3,(H,26,28)(H,33,34)/b27-19-. The van der Waals surface area contributed by atoms with E-state index in [1.807, 2.05) is 37.3 Å². The number of aliphatic carboxylic acids is 1. The maximum atomic E-state index is 13.0. The number of aryl methyl sites for hydroxylation is 4. The van der Waals surface area contributed by atoms with Crippen LogP contribution in [0.1, 0.15) is 23.1 Å². The Morgan fingerprint density at radius 3 is 2.37 bits per heavy atom. The molecule has 0 aliphatic heterocycles. The van der Waals surface area contributed by atoms with Gasteiger partial charge in [-0.15, -0.1) is 0 Å². The van der Waals surface area contributed by atoms with E-state index >= 15 is 0 Å². The largest absolute Gasteiger partial charge is 0.476 e. The number of imidazole rings is 1. The van der Waals surface area contributed by atoms with Crippen molar-refractivity contribution in [3.63, 3.8) is 0 Å². The molecule has 0 saturated carbocycles. The predicted octanol–water partition coefficient (Wildman–Crippen LogP) is 2.28. The van der Waals surface area contributed by atoms with Gasteiger partial charge in [-0.3, -0.25) is 13.9 Å². The van der Waals surface area contributed by atoms with E-state index in [9.17, 15) is 19.5 Å². The van der Waals surface area contributed by atoms with Crippen LogP contribution < -0.4 is 16.7 Å². The Labute approximate surface area is 200 Å². The minimum absolute atomic E-state index is 0.178. The van der Waals surface area contributed by atoms with Gasteiger partial charge in [0.05, 0.1) is 0 Å². The molecule has 0 aliphatic rings. The number of carbonyl (C=O) groups is 1. The topological polar surface area (TPSA) is 124 Å². The summed E-state index contributed by atoms with van der Waals surface area (Å²) >= 11 is 0. The summed E-state index contributed by atoms with van der Waals surface area (Å²) in [5.41, 5.74) is 4.55. The highest BCUT2D eigenvalue weighted by Crippen LogP contribution is 2.18. The summed E-state index contributed by atoms with van der Waals surface area (Å²) in [6.07, 6.45) is 1.45. The highest BCUT2D eigenvalue weighted by molar-refractivity contribution is 6.42. The molecule has 0 fully saturated rings. The molecule has 0 amide bonds. The van der Waals surface area contributed by atoms with Gasteiger partial charge in [-0.05, 0) is 25.3 Å². The van der Waals surface area contributed by atoms with E-state index < -0.39 is 17.2 Å². The fourth-order valence-corrected chi connectivity index (χ4v) is 3.89. The number of carboxylic acid groups (broad SMARTS) is 1. The van der Waals surface area contributed by atoms with E-state index in [4.69, 9.17) is 0 Å². The number of nitrogens with one attached hydrogen (secondary N) is 1. The molecular weight excluding hydrogens is 448 g/mol. The number of benzene rings is 2. The van der Waals surface area contributed by atoms with Gasteiger partial charge in [0, 0.05) is 26.2 Å². The van der Waals surface area contributed by atoms with Gasteiger partial charge in [0.1, 0.15) is 0 Å². The molecule has 180 valence electrons. The van der Waals surface area contributed by atoms with Crippen LogP contribution in [-0.2, 0) is 31.9 Å². The Bertz CT molecular complexity index is 1530. The first-order chi connectivity index (χ1) is 16.8. The molecule has 10 nitrogen and oxygen atoms in total. The Balaban J connectivity index is 1.76. The zero-order chi connectivity index (χ0) is 25.1. The van der Waals surface area contributed by atoms with Gasteiger partial charge in [0.15, 0.2) is 16.9 Å². The number of carboxylic acids is 1. The van der Waals surface area contributed by atoms with Crippen LogP contribution in [0.15, 0.2) is 69.3 Å². The lowest BCUT2D eigenvalue weighted by molar-refractivity contribution is -0.129. The molecule has 0 radical (unpaired) electrons. The highest BCUT2D eigenvalue weighted by atomic mass is 16.4. The SMILES string of the molecule is Cc1ccc(/C(=N/Nc2nc3c(c(=O)n(C)c(=O)n3C)n2CCCc2ccccc2)C(=O)O)cc1. The quantitative estimate of drug-likeness (QED) is 0.298. The number of hydrogen-bond donors (Lipinski definition) is 2. The Morgan fingerprint density at radius 2 is 1.71 bits per heavy atom. The van der Waals surface area contributed by atoms with E-state index in [1.54, 1.807) is 28.8 Å². The molecule has 0 saturated heterocycles. The minimum Gasteiger partial charge on any atom is -0.476 e. The van der Waals surface area contributed by atoms with Gasteiger partial charge in [-0.25, -0.2) is 15.0 Å². The highest BCUT2D eigenvalue weighted by Gasteiger charge is 2.20. The summed E-state index contributed by atoms with van der Waals surface area (Å²) in [5.74, 6) is -1.03. The second kappa shape index (κ2) is 9.80. The summed E-state index contributed by atoms with van der Waals surface area (Å²) in [5, 5.41) is 13.8. The van der Waals surface area contributed by atoms with Crippen molar-refractivity contribution in [2.45, 2.75) is 26.3 Å². The molecule has 10 heteroatoms. The van der Waals surface area contributed by atoms with Crippen molar-refractivity contribution in [3.8, 4) is 0 Å². The molecule has 0 unspecified atom stereocenters. The summed E-state index contributed by atoms with van der Waals surface area (Å²) < 4.78 is 3.97. The number of anilines is 1. The summed E-state index contributed by atoms with van der Waals surface area (Å²) in [6, 6.07) is 16.9. The maximum absolute atomic E-state index is 13.0. The third-order valence-corrected chi connectivity index (χ3v) is 5.83. The number of nitrogens with zero attached hydrogens (tertiary/aromatic N) is 5. The molecule has 0 spiro atoms. The fourth-order valence-electron chi connectivity index (χ4n) is 3.89. The first-order valence-electron chi connectivity index (χ1n) is 11.1. The lowest BCUT2D eigenvalue weighted by atomic mass is 10.1. The number of fused-ring (bicyclic) bond motifs is 1. The zero-order valence-electron chi connectivity index (χ0n) is 19.7. The molecule has 2 aromatic heterocycles. The van der Waals surface area contributed by atoms with E-state index in [0.717, 1.165) is 22.1 Å². The molecule has 2 aromatic carbocycles. The molecule has 2 N–H and O–H groups in total. The minimum atomic E-state index is -1.21. The zero-order valence-corrected chi connectivity index (χ0v) is 19.7. The molecule has 0 bridgehead atoms. The molecule has 4 rings (SSSR count). The smallest absolute Gasteiger partial charge is 0.356 e. The fraction of sp³-hybridized carbons (Fsp3) is 0.240. The number of hydrogen-bond acceptors (Lipinski definition) is 6. The van der Waals surface area contributed by atoms with Crippen molar-refractivity contribution in [1.29, 1.82) is 0 Å². The van der Waals surface area contributed by atoms with Crippen LogP contribution in [0.4, 0.5) is 5.95 Å². The molecular formula is C25H26N6O4. The normalized spacial score (nSPS) is 11.7. The van der Waals surface area contributed by atoms with E-state index in [0.29, 0.717) is 18.5 Å². The third-order valence-electron chi connectivity index (χ3n) is 5.83. The van der Waals surface area contributed by atoms with Gasteiger partial charge in [0.2, 0.25) is 5.95 Å². The lowest BCUT2D eigenvalue weighted by Gasteiger charge is -2.10. The first kappa shape index (κ1) is 23.7. The van der Waals surface area contributed by atoms with Crippen molar-refractivity contribution >= 4 is 28.8 Å². The molecule has 35 heavy (non-hydrogen) atoms. The predicted molar refractivity (Wildman–Crippen MR) is 134 cm³/mol. The van der Waals surface area contributed by atoms with Gasteiger partial charge >= 0.3 is 11.7 Å².